The molecule has 0 aliphatic heterocycles. The molecule has 0 fully saturated rings. The molecule has 21 heavy (non-hydrogen) atoms. The summed E-state index contributed by atoms with van der Waals surface area (Å²) in [5.74, 6) is -0.178. The fourth-order valence-corrected chi connectivity index (χ4v) is 2.07. The summed E-state index contributed by atoms with van der Waals surface area (Å²) in [6.45, 7) is -0.457. The molecular formula is C15H12FN3O2. The summed E-state index contributed by atoms with van der Waals surface area (Å²) < 4.78 is 14.6. The van der Waals surface area contributed by atoms with Gasteiger partial charge in [-0.1, -0.05) is 12.1 Å². The summed E-state index contributed by atoms with van der Waals surface area (Å²) in [7, 11) is 0. The largest absolute Gasteiger partial charge is 0.391 e. The number of nitrogens with zero attached hydrogens (tertiary/aromatic N) is 2. The molecule has 0 radical (unpaired) electrons. The van der Waals surface area contributed by atoms with Crippen LogP contribution in [0.5, 0.6) is 0 Å². The molecule has 2 N–H and O–H groups in total. The van der Waals surface area contributed by atoms with E-state index in [9.17, 15) is 14.3 Å². The van der Waals surface area contributed by atoms with Crippen LogP contribution >= 0.6 is 0 Å². The van der Waals surface area contributed by atoms with Crippen LogP contribution in [-0.4, -0.2) is 14.5 Å². The van der Waals surface area contributed by atoms with E-state index in [0.29, 0.717) is 11.3 Å². The molecule has 0 bridgehead atoms. The van der Waals surface area contributed by atoms with Gasteiger partial charge in [-0.2, -0.15) is 0 Å². The van der Waals surface area contributed by atoms with E-state index in [0.717, 1.165) is 0 Å². The van der Waals surface area contributed by atoms with Crippen molar-refractivity contribution in [3.8, 4) is 0 Å². The molecule has 0 saturated carbocycles. The number of anilines is 2. The first-order chi connectivity index (χ1) is 10.2. The lowest BCUT2D eigenvalue weighted by Crippen LogP contribution is -2.21. The molecule has 0 spiro atoms. The van der Waals surface area contributed by atoms with E-state index in [2.05, 4.69) is 10.3 Å². The maximum absolute atomic E-state index is 13.2. The van der Waals surface area contributed by atoms with Crippen molar-refractivity contribution in [2.75, 3.05) is 5.32 Å². The van der Waals surface area contributed by atoms with Crippen LogP contribution in [0.25, 0.3) is 5.65 Å². The van der Waals surface area contributed by atoms with Gasteiger partial charge in [-0.15, -0.1) is 0 Å². The minimum absolute atomic E-state index is 0.128. The maximum atomic E-state index is 13.2. The van der Waals surface area contributed by atoms with E-state index < -0.39 is 12.4 Å². The van der Waals surface area contributed by atoms with E-state index in [-0.39, 0.29) is 16.9 Å². The Morgan fingerprint density at radius 3 is 2.86 bits per heavy atom. The quantitative estimate of drug-likeness (QED) is 0.773. The van der Waals surface area contributed by atoms with Crippen LogP contribution in [0, 0.1) is 5.82 Å². The second kappa shape index (κ2) is 5.34. The summed E-state index contributed by atoms with van der Waals surface area (Å²) in [5.41, 5.74) is 0.667. The van der Waals surface area contributed by atoms with Gasteiger partial charge < -0.3 is 10.4 Å². The van der Waals surface area contributed by atoms with Gasteiger partial charge in [-0.05, 0) is 30.3 Å². The van der Waals surface area contributed by atoms with E-state index in [1.165, 1.54) is 16.5 Å². The zero-order chi connectivity index (χ0) is 14.8. The van der Waals surface area contributed by atoms with Gasteiger partial charge in [0.15, 0.2) is 0 Å². The molecule has 3 aromatic rings. The highest BCUT2D eigenvalue weighted by atomic mass is 19.1. The molecule has 0 amide bonds. The third-order valence-corrected chi connectivity index (χ3v) is 3.07. The molecular weight excluding hydrogens is 273 g/mol. The summed E-state index contributed by atoms with van der Waals surface area (Å²) in [5, 5.41) is 12.3. The number of hydrogen-bond acceptors (Lipinski definition) is 4. The number of fused-ring (bicyclic) bond motifs is 1. The SMILES string of the molecule is O=c1c(CO)c(Nc2cccc(F)c2)nc2ccccn12. The Morgan fingerprint density at radius 1 is 1.24 bits per heavy atom. The average molecular weight is 285 g/mol. The first-order valence-electron chi connectivity index (χ1n) is 6.33. The molecule has 5 nitrogen and oxygen atoms in total. The minimum atomic E-state index is -0.457. The van der Waals surface area contributed by atoms with Crippen LogP contribution < -0.4 is 10.9 Å². The van der Waals surface area contributed by atoms with Gasteiger partial charge in [-0.3, -0.25) is 9.20 Å². The average Bonchev–Trinajstić information content (AvgIpc) is 2.48. The third-order valence-electron chi connectivity index (χ3n) is 3.07. The number of hydrogen-bond donors (Lipinski definition) is 2. The monoisotopic (exact) mass is 285 g/mol. The van der Waals surface area contributed by atoms with Gasteiger partial charge in [0.2, 0.25) is 0 Å². The smallest absolute Gasteiger partial charge is 0.265 e. The molecule has 0 unspecified atom stereocenters. The fraction of sp³-hybridized carbons (Fsp3) is 0.0667. The molecule has 106 valence electrons. The van der Waals surface area contributed by atoms with E-state index >= 15 is 0 Å². The molecule has 1 aromatic carbocycles. The van der Waals surface area contributed by atoms with Crippen molar-refractivity contribution in [2.45, 2.75) is 6.61 Å². The van der Waals surface area contributed by atoms with Gasteiger partial charge in [-0.25, -0.2) is 9.37 Å². The van der Waals surface area contributed by atoms with Crippen molar-refractivity contribution >= 4 is 17.2 Å². The zero-order valence-corrected chi connectivity index (χ0v) is 11.0. The van der Waals surface area contributed by atoms with Gasteiger partial charge in [0.25, 0.3) is 5.56 Å². The van der Waals surface area contributed by atoms with Crippen molar-refractivity contribution in [1.82, 2.24) is 9.38 Å². The summed E-state index contributed by atoms with van der Waals surface area (Å²) >= 11 is 0. The Hall–Kier alpha value is -2.73. The molecule has 2 heterocycles. The van der Waals surface area contributed by atoms with Crippen LogP contribution in [0.15, 0.2) is 53.5 Å². The van der Waals surface area contributed by atoms with Crippen LogP contribution in [0.3, 0.4) is 0 Å². The van der Waals surface area contributed by atoms with Gasteiger partial charge in [0.05, 0.1) is 12.2 Å². The van der Waals surface area contributed by atoms with Crippen molar-refractivity contribution in [1.29, 1.82) is 0 Å². The molecule has 0 atom stereocenters. The van der Waals surface area contributed by atoms with Crippen molar-refractivity contribution in [3.63, 3.8) is 0 Å². The first-order valence-corrected chi connectivity index (χ1v) is 6.33. The summed E-state index contributed by atoms with van der Waals surface area (Å²) in [6.07, 6.45) is 1.58. The van der Waals surface area contributed by atoms with Gasteiger partial charge in [0, 0.05) is 11.9 Å². The van der Waals surface area contributed by atoms with Crippen LogP contribution in [-0.2, 0) is 6.61 Å². The number of nitrogens with one attached hydrogen (secondary N) is 1. The lowest BCUT2D eigenvalue weighted by atomic mass is 10.2. The highest BCUT2D eigenvalue weighted by Gasteiger charge is 2.12. The number of aromatic nitrogens is 2. The Morgan fingerprint density at radius 2 is 2.10 bits per heavy atom. The Balaban J connectivity index is 2.15. The number of pyridine rings is 1. The zero-order valence-electron chi connectivity index (χ0n) is 11.0. The fourth-order valence-electron chi connectivity index (χ4n) is 2.07. The molecule has 2 aromatic heterocycles. The number of aliphatic hydroxyl groups is 1. The number of aliphatic hydroxyl groups excluding tert-OH is 1. The minimum Gasteiger partial charge on any atom is -0.391 e. The summed E-state index contributed by atoms with van der Waals surface area (Å²) in [4.78, 5) is 16.6. The van der Waals surface area contributed by atoms with E-state index in [4.69, 9.17) is 0 Å². The second-order valence-electron chi connectivity index (χ2n) is 4.47. The topological polar surface area (TPSA) is 66.6 Å². The lowest BCUT2D eigenvalue weighted by Gasteiger charge is -2.11. The van der Waals surface area contributed by atoms with Crippen LogP contribution in [0.2, 0.25) is 0 Å². The Bertz CT molecular complexity index is 861. The predicted octanol–water partition coefficient (Wildman–Crippen LogP) is 2.07. The Labute approximate surface area is 119 Å². The number of halogens is 1. The molecule has 0 aliphatic rings. The van der Waals surface area contributed by atoms with Crippen molar-refractivity contribution < 1.29 is 9.50 Å². The number of rotatable bonds is 3. The first kappa shape index (κ1) is 13.3. The molecule has 6 heteroatoms. The lowest BCUT2D eigenvalue weighted by molar-refractivity contribution is 0.280. The van der Waals surface area contributed by atoms with Crippen LogP contribution in [0.4, 0.5) is 15.9 Å². The van der Waals surface area contributed by atoms with Gasteiger partial charge >= 0.3 is 0 Å². The van der Waals surface area contributed by atoms with Gasteiger partial charge in [0.1, 0.15) is 17.3 Å². The Kier molecular flexibility index (Phi) is 3.37. The van der Waals surface area contributed by atoms with Crippen molar-refractivity contribution in [3.05, 3.63) is 70.4 Å². The van der Waals surface area contributed by atoms with E-state index in [1.54, 1.807) is 36.5 Å². The standard InChI is InChI=1S/C15H12FN3O2/c16-10-4-3-5-11(8-10)17-14-12(9-20)15(21)19-7-2-1-6-13(19)18-14/h1-8,17,20H,9H2. The number of benzene rings is 1. The maximum Gasteiger partial charge on any atom is 0.265 e. The molecule has 0 aliphatic carbocycles. The van der Waals surface area contributed by atoms with E-state index in [1.807, 2.05) is 0 Å². The molecule has 0 saturated heterocycles. The van der Waals surface area contributed by atoms with Crippen molar-refractivity contribution in [2.24, 2.45) is 0 Å². The predicted molar refractivity (Wildman–Crippen MR) is 77.1 cm³/mol. The summed E-state index contributed by atoms with van der Waals surface area (Å²) in [6, 6.07) is 10.9. The third kappa shape index (κ3) is 2.48. The highest BCUT2D eigenvalue weighted by molar-refractivity contribution is 5.61. The second-order valence-corrected chi connectivity index (χ2v) is 4.47. The highest BCUT2D eigenvalue weighted by Crippen LogP contribution is 2.18. The van der Waals surface area contributed by atoms with Crippen LogP contribution in [0.1, 0.15) is 5.56 Å². The molecule has 3 rings (SSSR count). The normalized spacial score (nSPS) is 10.8.